The zero-order chi connectivity index (χ0) is 16.5. The van der Waals surface area contributed by atoms with E-state index in [2.05, 4.69) is 32.9 Å². The highest BCUT2D eigenvalue weighted by molar-refractivity contribution is 5.83. The van der Waals surface area contributed by atoms with Gasteiger partial charge in [0.25, 0.3) is 0 Å². The van der Waals surface area contributed by atoms with E-state index in [0.29, 0.717) is 19.1 Å². The van der Waals surface area contributed by atoms with Gasteiger partial charge >= 0.3 is 0 Å². The Bertz CT molecular complexity index is 728. The summed E-state index contributed by atoms with van der Waals surface area (Å²) in [5.74, 6) is -0.176. The topological polar surface area (TPSA) is 61.6 Å². The molecule has 2 aliphatic rings. The van der Waals surface area contributed by atoms with E-state index in [0.717, 1.165) is 13.1 Å². The van der Waals surface area contributed by atoms with Crippen LogP contribution in [0.5, 0.6) is 0 Å². The van der Waals surface area contributed by atoms with Crippen molar-refractivity contribution in [1.29, 1.82) is 0 Å². The van der Waals surface area contributed by atoms with Gasteiger partial charge in [0.15, 0.2) is 0 Å². The number of carbonyl (C=O) groups excluding carboxylic acids is 1. The van der Waals surface area contributed by atoms with E-state index in [1.807, 2.05) is 6.20 Å². The van der Waals surface area contributed by atoms with Crippen molar-refractivity contribution in [3.8, 4) is 0 Å². The van der Waals surface area contributed by atoms with E-state index >= 15 is 0 Å². The number of aromatic nitrogens is 2. The standard InChI is InChI=1S/C18H24N4O2/c23-13-18(24)21-9-7-20(8-10-21)16-6-5-14-12-19-22(17(14)11-16)15-3-1-2-4-15/h5-6,11-12,15,23H,1-4,7-10,13H2. The van der Waals surface area contributed by atoms with Gasteiger partial charge in [-0.05, 0) is 31.0 Å². The van der Waals surface area contributed by atoms with Gasteiger partial charge in [-0.3, -0.25) is 9.48 Å². The summed E-state index contributed by atoms with van der Waals surface area (Å²) in [5, 5.41) is 14.8. The van der Waals surface area contributed by atoms with Crippen LogP contribution in [-0.2, 0) is 4.79 Å². The number of aliphatic hydroxyl groups excluding tert-OH is 1. The fourth-order valence-corrected chi connectivity index (χ4v) is 3.98. The first-order valence-electron chi connectivity index (χ1n) is 8.87. The van der Waals surface area contributed by atoms with Crippen molar-refractivity contribution in [3.63, 3.8) is 0 Å². The molecule has 0 atom stereocenters. The Kier molecular flexibility index (Phi) is 4.14. The molecule has 0 unspecified atom stereocenters. The van der Waals surface area contributed by atoms with Crippen molar-refractivity contribution in [1.82, 2.24) is 14.7 Å². The van der Waals surface area contributed by atoms with E-state index in [1.165, 1.54) is 42.3 Å². The molecule has 2 heterocycles. The molecule has 1 N–H and O–H groups in total. The van der Waals surface area contributed by atoms with Crippen LogP contribution in [0.2, 0.25) is 0 Å². The van der Waals surface area contributed by atoms with Crippen LogP contribution in [0.3, 0.4) is 0 Å². The number of aliphatic hydroxyl groups is 1. The van der Waals surface area contributed by atoms with Crippen LogP contribution in [0.1, 0.15) is 31.7 Å². The molecule has 24 heavy (non-hydrogen) atoms. The van der Waals surface area contributed by atoms with Gasteiger partial charge in [0.2, 0.25) is 5.91 Å². The average Bonchev–Trinajstić information content (AvgIpc) is 3.29. The van der Waals surface area contributed by atoms with E-state index in [4.69, 9.17) is 5.11 Å². The Morgan fingerprint density at radius 1 is 1.17 bits per heavy atom. The van der Waals surface area contributed by atoms with Crippen molar-refractivity contribution < 1.29 is 9.90 Å². The van der Waals surface area contributed by atoms with Crippen LogP contribution >= 0.6 is 0 Å². The molecule has 0 bridgehead atoms. The minimum Gasteiger partial charge on any atom is -0.387 e. The second-order valence-corrected chi connectivity index (χ2v) is 6.80. The van der Waals surface area contributed by atoms with Gasteiger partial charge in [-0.1, -0.05) is 12.8 Å². The monoisotopic (exact) mass is 328 g/mol. The fourth-order valence-electron chi connectivity index (χ4n) is 3.98. The summed E-state index contributed by atoms with van der Waals surface area (Å²) in [4.78, 5) is 15.6. The quantitative estimate of drug-likeness (QED) is 0.933. The maximum absolute atomic E-state index is 11.6. The van der Waals surface area contributed by atoms with Gasteiger partial charge in [-0.2, -0.15) is 5.10 Å². The molecule has 128 valence electrons. The van der Waals surface area contributed by atoms with Crippen LogP contribution in [0, 0.1) is 0 Å². The summed E-state index contributed by atoms with van der Waals surface area (Å²) in [6.07, 6.45) is 7.01. The number of nitrogens with zero attached hydrogens (tertiary/aromatic N) is 4. The number of fused-ring (bicyclic) bond motifs is 1. The van der Waals surface area contributed by atoms with Crippen molar-refractivity contribution >= 4 is 22.5 Å². The molecule has 1 saturated heterocycles. The van der Waals surface area contributed by atoms with E-state index in [1.54, 1.807) is 4.90 Å². The van der Waals surface area contributed by atoms with Crippen LogP contribution < -0.4 is 4.90 Å². The van der Waals surface area contributed by atoms with E-state index in [9.17, 15) is 4.79 Å². The highest BCUT2D eigenvalue weighted by Gasteiger charge is 2.22. The summed E-state index contributed by atoms with van der Waals surface area (Å²) in [7, 11) is 0. The largest absolute Gasteiger partial charge is 0.387 e. The highest BCUT2D eigenvalue weighted by Crippen LogP contribution is 2.33. The number of carbonyl (C=O) groups is 1. The number of rotatable bonds is 3. The minimum atomic E-state index is -0.396. The summed E-state index contributed by atoms with van der Waals surface area (Å²) < 4.78 is 2.21. The van der Waals surface area contributed by atoms with Crippen LogP contribution in [0.4, 0.5) is 5.69 Å². The van der Waals surface area contributed by atoms with Gasteiger partial charge in [0, 0.05) is 37.3 Å². The molecule has 4 rings (SSSR count). The Labute approximate surface area is 141 Å². The summed E-state index contributed by atoms with van der Waals surface area (Å²) >= 11 is 0. The number of hydrogen-bond acceptors (Lipinski definition) is 4. The van der Waals surface area contributed by atoms with Gasteiger partial charge < -0.3 is 14.9 Å². The number of benzene rings is 1. The summed E-state index contributed by atoms with van der Waals surface area (Å²) in [5.41, 5.74) is 2.41. The third kappa shape index (κ3) is 2.75. The molecule has 1 aromatic carbocycles. The van der Waals surface area contributed by atoms with Crippen LogP contribution in [0.15, 0.2) is 24.4 Å². The first-order chi connectivity index (χ1) is 11.8. The first-order valence-corrected chi connectivity index (χ1v) is 8.87. The molecular weight excluding hydrogens is 304 g/mol. The molecule has 2 aromatic rings. The van der Waals surface area contributed by atoms with Gasteiger partial charge in [0.05, 0.1) is 17.8 Å². The van der Waals surface area contributed by atoms with Gasteiger partial charge in [-0.25, -0.2) is 0 Å². The highest BCUT2D eigenvalue weighted by atomic mass is 16.3. The second kappa shape index (κ2) is 6.43. The minimum absolute atomic E-state index is 0.176. The molecule has 2 fully saturated rings. The molecule has 1 amide bonds. The SMILES string of the molecule is O=C(CO)N1CCN(c2ccc3cnn(C4CCCC4)c3c2)CC1. The van der Waals surface area contributed by atoms with Crippen LogP contribution in [0.25, 0.3) is 10.9 Å². The lowest BCUT2D eigenvalue weighted by molar-refractivity contribution is -0.134. The average molecular weight is 328 g/mol. The molecule has 0 radical (unpaired) electrons. The Hall–Kier alpha value is -2.08. The number of anilines is 1. The van der Waals surface area contributed by atoms with Crippen molar-refractivity contribution in [2.75, 3.05) is 37.7 Å². The molecule has 6 heteroatoms. The predicted octanol–water partition coefficient (Wildman–Crippen LogP) is 1.79. The molecule has 1 aromatic heterocycles. The molecule has 0 spiro atoms. The van der Waals surface area contributed by atoms with Crippen LogP contribution in [-0.4, -0.2) is 58.5 Å². The number of piperazine rings is 1. The Balaban J connectivity index is 1.55. The molecule has 1 aliphatic heterocycles. The van der Waals surface area contributed by atoms with Gasteiger partial charge in [-0.15, -0.1) is 0 Å². The van der Waals surface area contributed by atoms with E-state index < -0.39 is 6.61 Å². The first kappa shape index (κ1) is 15.4. The third-order valence-corrected chi connectivity index (χ3v) is 5.39. The van der Waals surface area contributed by atoms with E-state index in [-0.39, 0.29) is 5.91 Å². The molecule has 1 aliphatic carbocycles. The molecular formula is C18H24N4O2. The molecule has 1 saturated carbocycles. The predicted molar refractivity (Wildman–Crippen MR) is 93.1 cm³/mol. The Morgan fingerprint density at radius 3 is 2.62 bits per heavy atom. The lowest BCUT2D eigenvalue weighted by Gasteiger charge is -2.36. The Morgan fingerprint density at radius 2 is 1.92 bits per heavy atom. The third-order valence-electron chi connectivity index (χ3n) is 5.39. The normalized spacial score (nSPS) is 19.4. The summed E-state index contributed by atoms with van der Waals surface area (Å²) in [6, 6.07) is 7.07. The maximum atomic E-state index is 11.6. The van der Waals surface area contributed by atoms with Crippen molar-refractivity contribution in [2.45, 2.75) is 31.7 Å². The molecule has 6 nitrogen and oxygen atoms in total. The fraction of sp³-hybridized carbons (Fsp3) is 0.556. The second-order valence-electron chi connectivity index (χ2n) is 6.80. The van der Waals surface area contributed by atoms with Crippen molar-refractivity contribution in [2.24, 2.45) is 0 Å². The number of hydrogen-bond donors (Lipinski definition) is 1. The zero-order valence-electron chi connectivity index (χ0n) is 13.9. The maximum Gasteiger partial charge on any atom is 0.248 e. The smallest absolute Gasteiger partial charge is 0.248 e. The van der Waals surface area contributed by atoms with Gasteiger partial charge in [0.1, 0.15) is 6.61 Å². The number of amides is 1. The van der Waals surface area contributed by atoms with Crippen molar-refractivity contribution in [3.05, 3.63) is 24.4 Å². The lowest BCUT2D eigenvalue weighted by atomic mass is 10.2. The summed E-state index contributed by atoms with van der Waals surface area (Å²) in [6.45, 7) is 2.54. The zero-order valence-corrected chi connectivity index (χ0v) is 13.9. The lowest BCUT2D eigenvalue weighted by Crippen LogP contribution is -2.49.